The summed E-state index contributed by atoms with van der Waals surface area (Å²) in [5, 5.41) is 12.2. The van der Waals surface area contributed by atoms with Gasteiger partial charge in [-0.25, -0.2) is 4.79 Å². The molecule has 1 aromatic heterocycles. The molecule has 0 radical (unpaired) electrons. The van der Waals surface area contributed by atoms with E-state index in [4.69, 9.17) is 5.11 Å². The Bertz CT molecular complexity index is 350. The highest BCUT2D eigenvalue weighted by atomic mass is 16.6. The number of oxime groups is 1. The molecule has 0 aliphatic heterocycles. The molecule has 14 heavy (non-hydrogen) atoms. The number of aliphatic carboxylic acids is 1. The van der Waals surface area contributed by atoms with Crippen LogP contribution in [0.1, 0.15) is 5.69 Å². The van der Waals surface area contributed by atoms with Crippen molar-refractivity contribution in [2.75, 3.05) is 7.11 Å². The van der Waals surface area contributed by atoms with Crippen molar-refractivity contribution in [2.45, 2.75) is 6.54 Å². The first-order chi connectivity index (χ1) is 6.74. The van der Waals surface area contributed by atoms with Crippen LogP contribution in [0.4, 0.5) is 0 Å². The maximum Gasteiger partial charge on any atom is 0.370 e. The average Bonchev–Trinajstić information content (AvgIpc) is 2.16. The Hall–Kier alpha value is -1.91. The molecule has 0 aromatic carbocycles. The van der Waals surface area contributed by atoms with Gasteiger partial charge >= 0.3 is 5.97 Å². The van der Waals surface area contributed by atoms with Crippen molar-refractivity contribution in [3.8, 4) is 0 Å². The quantitative estimate of drug-likeness (QED) is 0.419. The van der Waals surface area contributed by atoms with Gasteiger partial charge in [0.2, 0.25) is 12.2 Å². The molecule has 0 atom stereocenters. The van der Waals surface area contributed by atoms with Gasteiger partial charge in [0.25, 0.3) is 0 Å². The largest absolute Gasteiger partial charge is 0.477 e. The maximum absolute atomic E-state index is 10.5. The van der Waals surface area contributed by atoms with E-state index < -0.39 is 5.97 Å². The molecule has 0 saturated heterocycles. The molecular weight excluding hydrogens is 184 g/mol. The molecule has 0 amide bonds. The number of nitrogens with zero attached hydrogens (tertiary/aromatic N) is 2. The number of hydrogen-bond donors (Lipinski definition) is 1. The van der Waals surface area contributed by atoms with Crippen molar-refractivity contribution in [1.82, 2.24) is 0 Å². The van der Waals surface area contributed by atoms with E-state index in [0.717, 1.165) is 0 Å². The van der Waals surface area contributed by atoms with Crippen LogP contribution in [0.3, 0.4) is 0 Å². The van der Waals surface area contributed by atoms with Crippen LogP contribution in [0.2, 0.25) is 0 Å². The van der Waals surface area contributed by atoms with E-state index in [1.165, 1.54) is 13.3 Å². The molecule has 1 heterocycles. The zero-order valence-electron chi connectivity index (χ0n) is 7.75. The highest BCUT2D eigenvalue weighted by Gasteiger charge is 2.11. The molecule has 1 rings (SSSR count). The molecule has 5 heteroatoms. The van der Waals surface area contributed by atoms with Crippen LogP contribution in [0.25, 0.3) is 0 Å². The summed E-state index contributed by atoms with van der Waals surface area (Å²) in [5.41, 5.74) is 0.678. The number of aromatic nitrogens is 1. The number of pyridine rings is 1. The standard InChI is InChI=1S/C9H10N2O3/c1-14-10-6-8-4-2-3-5-11(8)7-9(12)13/h2-6H,7H2,1H3/p+1/b10-6+. The summed E-state index contributed by atoms with van der Waals surface area (Å²) in [7, 11) is 1.43. The third-order valence-electron chi connectivity index (χ3n) is 1.57. The van der Waals surface area contributed by atoms with Gasteiger partial charge in [-0.3, -0.25) is 0 Å². The summed E-state index contributed by atoms with van der Waals surface area (Å²) in [6.45, 7) is -0.0914. The predicted octanol–water partition coefficient (Wildman–Crippen LogP) is 0.0390. The molecule has 0 aliphatic rings. The van der Waals surface area contributed by atoms with Gasteiger partial charge in [-0.1, -0.05) is 5.16 Å². The van der Waals surface area contributed by atoms with Crippen LogP contribution in [0.5, 0.6) is 0 Å². The lowest BCUT2D eigenvalue weighted by Gasteiger charge is -1.95. The number of carboxylic acids is 1. The van der Waals surface area contributed by atoms with Crippen LogP contribution in [-0.4, -0.2) is 24.4 Å². The highest BCUT2D eigenvalue weighted by molar-refractivity contribution is 5.74. The molecule has 0 unspecified atom stereocenters. The van der Waals surface area contributed by atoms with E-state index in [1.807, 2.05) is 0 Å². The minimum Gasteiger partial charge on any atom is -0.477 e. The molecular formula is C9H11N2O3+. The smallest absolute Gasteiger partial charge is 0.370 e. The Kier molecular flexibility index (Phi) is 3.60. The SMILES string of the molecule is CO/N=C/c1cccc[n+]1CC(=O)O. The highest BCUT2D eigenvalue weighted by Crippen LogP contribution is 1.88. The molecule has 0 fully saturated rings. The molecule has 0 spiro atoms. The topological polar surface area (TPSA) is 62.8 Å². The van der Waals surface area contributed by atoms with Gasteiger partial charge in [-0.05, 0) is 6.07 Å². The minimum atomic E-state index is -0.895. The minimum absolute atomic E-state index is 0.0914. The van der Waals surface area contributed by atoms with E-state index in [9.17, 15) is 4.79 Å². The summed E-state index contributed by atoms with van der Waals surface area (Å²) in [6, 6.07) is 5.31. The predicted molar refractivity (Wildman–Crippen MR) is 48.9 cm³/mol. The van der Waals surface area contributed by atoms with Gasteiger partial charge in [0.1, 0.15) is 13.3 Å². The van der Waals surface area contributed by atoms with Crippen molar-refractivity contribution >= 4 is 12.2 Å². The monoisotopic (exact) mass is 195 g/mol. The average molecular weight is 195 g/mol. The second-order valence-corrected chi connectivity index (χ2v) is 2.56. The van der Waals surface area contributed by atoms with Gasteiger partial charge in [0.15, 0.2) is 6.20 Å². The van der Waals surface area contributed by atoms with Crippen LogP contribution < -0.4 is 4.57 Å². The lowest BCUT2D eigenvalue weighted by atomic mass is 10.3. The van der Waals surface area contributed by atoms with Crippen molar-refractivity contribution in [3.05, 3.63) is 30.1 Å². The van der Waals surface area contributed by atoms with Gasteiger partial charge in [-0.2, -0.15) is 4.57 Å². The van der Waals surface area contributed by atoms with Crippen molar-refractivity contribution in [1.29, 1.82) is 0 Å². The molecule has 1 aromatic rings. The fourth-order valence-electron chi connectivity index (χ4n) is 1.00. The van der Waals surface area contributed by atoms with Crippen molar-refractivity contribution in [2.24, 2.45) is 5.16 Å². The molecule has 1 N–H and O–H groups in total. The summed E-state index contributed by atoms with van der Waals surface area (Å²) in [5.74, 6) is -0.895. The number of rotatable bonds is 4. The molecule has 5 nitrogen and oxygen atoms in total. The first-order valence-electron chi connectivity index (χ1n) is 4.01. The van der Waals surface area contributed by atoms with Gasteiger partial charge in [-0.15, -0.1) is 0 Å². The van der Waals surface area contributed by atoms with E-state index in [-0.39, 0.29) is 6.54 Å². The van der Waals surface area contributed by atoms with Crippen LogP contribution in [0, 0.1) is 0 Å². The Balaban J connectivity index is 2.90. The normalized spacial score (nSPS) is 10.4. The van der Waals surface area contributed by atoms with Crippen molar-refractivity contribution < 1.29 is 19.3 Å². The van der Waals surface area contributed by atoms with Crippen molar-refractivity contribution in [3.63, 3.8) is 0 Å². The van der Waals surface area contributed by atoms with Crippen LogP contribution in [0.15, 0.2) is 29.6 Å². The fourth-order valence-corrected chi connectivity index (χ4v) is 1.00. The summed E-state index contributed by atoms with van der Waals surface area (Å²) < 4.78 is 1.56. The third-order valence-corrected chi connectivity index (χ3v) is 1.57. The Morgan fingerprint density at radius 1 is 1.71 bits per heavy atom. The Morgan fingerprint density at radius 3 is 3.14 bits per heavy atom. The van der Waals surface area contributed by atoms with E-state index >= 15 is 0 Å². The van der Waals surface area contributed by atoms with E-state index in [0.29, 0.717) is 5.69 Å². The number of hydrogen-bond acceptors (Lipinski definition) is 3. The molecule has 74 valence electrons. The fraction of sp³-hybridized carbons (Fsp3) is 0.222. The zero-order valence-corrected chi connectivity index (χ0v) is 7.75. The number of carbonyl (C=O) groups is 1. The molecule has 0 aliphatic carbocycles. The van der Waals surface area contributed by atoms with Gasteiger partial charge < -0.3 is 9.94 Å². The van der Waals surface area contributed by atoms with Gasteiger partial charge in [0.05, 0.1) is 0 Å². The Morgan fingerprint density at radius 2 is 2.50 bits per heavy atom. The maximum atomic E-state index is 10.5. The number of carboxylic acid groups (broad SMARTS) is 1. The summed E-state index contributed by atoms with van der Waals surface area (Å²) in [6.07, 6.45) is 3.13. The third kappa shape index (κ3) is 2.85. The van der Waals surface area contributed by atoms with E-state index in [1.54, 1.807) is 29.0 Å². The molecule has 0 saturated carbocycles. The molecule has 0 bridgehead atoms. The van der Waals surface area contributed by atoms with E-state index in [2.05, 4.69) is 9.99 Å². The zero-order chi connectivity index (χ0) is 10.4. The second kappa shape index (κ2) is 4.96. The van der Waals surface area contributed by atoms with Crippen LogP contribution >= 0.6 is 0 Å². The lowest BCUT2D eigenvalue weighted by Crippen LogP contribution is -2.41. The Labute approximate surface area is 81.2 Å². The van der Waals surface area contributed by atoms with Crippen LogP contribution in [-0.2, 0) is 16.2 Å². The second-order valence-electron chi connectivity index (χ2n) is 2.56. The lowest BCUT2D eigenvalue weighted by molar-refractivity contribution is -0.686. The summed E-state index contributed by atoms with van der Waals surface area (Å²) >= 11 is 0. The first kappa shape index (κ1) is 10.2. The first-order valence-corrected chi connectivity index (χ1v) is 4.01. The van der Waals surface area contributed by atoms with Gasteiger partial charge in [0, 0.05) is 12.1 Å². The summed E-state index contributed by atoms with van der Waals surface area (Å²) in [4.78, 5) is 15.0.